The summed E-state index contributed by atoms with van der Waals surface area (Å²) in [5.74, 6) is 4.93. The Kier molecular flexibility index (Phi) is 4.31. The van der Waals surface area contributed by atoms with E-state index in [1.165, 1.54) is 5.56 Å². The normalized spacial score (nSPS) is 12.0. The van der Waals surface area contributed by atoms with Crippen LogP contribution in [-0.2, 0) is 4.79 Å². The van der Waals surface area contributed by atoms with E-state index in [0.717, 1.165) is 11.3 Å². The Morgan fingerprint density at radius 2 is 2.12 bits per heavy atom. The monoisotopic (exact) mass is 221 g/mol. The topological polar surface area (TPSA) is 67.2 Å². The van der Waals surface area contributed by atoms with Crippen molar-refractivity contribution >= 4 is 11.6 Å². The lowest BCUT2D eigenvalue weighted by Crippen LogP contribution is -2.42. The van der Waals surface area contributed by atoms with Gasteiger partial charge in [0.05, 0.1) is 0 Å². The molecule has 0 aliphatic carbocycles. The molecule has 1 atom stereocenters. The van der Waals surface area contributed by atoms with Crippen molar-refractivity contribution in [1.29, 1.82) is 0 Å². The molecule has 88 valence electrons. The molecule has 0 unspecified atom stereocenters. The van der Waals surface area contributed by atoms with Gasteiger partial charge in [-0.3, -0.25) is 10.2 Å². The number of hydrogen-bond acceptors (Lipinski definition) is 3. The summed E-state index contributed by atoms with van der Waals surface area (Å²) in [6.45, 7) is 6.00. The van der Waals surface area contributed by atoms with Gasteiger partial charge in [-0.2, -0.15) is 0 Å². The van der Waals surface area contributed by atoms with Crippen LogP contribution in [0.5, 0.6) is 0 Å². The quantitative estimate of drug-likeness (QED) is 0.410. The predicted molar refractivity (Wildman–Crippen MR) is 65.9 cm³/mol. The molecule has 0 spiro atoms. The number of nitrogens with two attached hydrogens (primary N) is 1. The van der Waals surface area contributed by atoms with E-state index in [9.17, 15) is 4.79 Å². The second-order valence-corrected chi connectivity index (χ2v) is 3.93. The largest absolute Gasteiger partial charge is 0.373 e. The fraction of sp³-hybridized carbons (Fsp3) is 0.417. The van der Waals surface area contributed by atoms with Crippen LogP contribution in [0.4, 0.5) is 5.69 Å². The third-order valence-electron chi connectivity index (χ3n) is 2.58. The standard InChI is InChI=1S/C12H19N3O/c1-4-10(12(16)15-13)14-11-6-5-8(2)7-9(11)3/h5-7,10,14H,4,13H2,1-3H3,(H,15,16)/t10-/m0/s1. The molecule has 0 aliphatic rings. The number of carbonyl (C=O) groups excluding carboxylic acids is 1. The molecule has 1 aromatic carbocycles. The molecule has 16 heavy (non-hydrogen) atoms. The highest BCUT2D eigenvalue weighted by Gasteiger charge is 2.15. The molecule has 0 aliphatic heterocycles. The number of hydrogen-bond donors (Lipinski definition) is 3. The van der Waals surface area contributed by atoms with Gasteiger partial charge in [0.2, 0.25) is 0 Å². The molecule has 4 N–H and O–H groups in total. The third-order valence-corrected chi connectivity index (χ3v) is 2.58. The van der Waals surface area contributed by atoms with Crippen LogP contribution in [0.1, 0.15) is 24.5 Å². The average Bonchev–Trinajstić information content (AvgIpc) is 2.27. The predicted octanol–water partition coefficient (Wildman–Crippen LogP) is 1.48. The van der Waals surface area contributed by atoms with Crippen LogP contribution < -0.4 is 16.6 Å². The first-order valence-electron chi connectivity index (χ1n) is 5.42. The Labute approximate surface area is 96.2 Å². The van der Waals surface area contributed by atoms with Gasteiger partial charge >= 0.3 is 0 Å². The van der Waals surface area contributed by atoms with Gasteiger partial charge in [0, 0.05) is 5.69 Å². The molecule has 0 bridgehead atoms. The maximum absolute atomic E-state index is 11.4. The maximum atomic E-state index is 11.4. The van der Waals surface area contributed by atoms with E-state index in [4.69, 9.17) is 5.84 Å². The van der Waals surface area contributed by atoms with Crippen LogP contribution in [0.15, 0.2) is 18.2 Å². The molecule has 1 amide bonds. The Balaban J connectivity index is 2.82. The highest BCUT2D eigenvalue weighted by molar-refractivity contribution is 5.84. The number of rotatable bonds is 4. The van der Waals surface area contributed by atoms with Crippen molar-refractivity contribution in [1.82, 2.24) is 5.43 Å². The highest BCUT2D eigenvalue weighted by atomic mass is 16.2. The summed E-state index contributed by atoms with van der Waals surface area (Å²) in [5, 5.41) is 3.18. The van der Waals surface area contributed by atoms with E-state index < -0.39 is 0 Å². The maximum Gasteiger partial charge on any atom is 0.256 e. The van der Waals surface area contributed by atoms with E-state index in [2.05, 4.69) is 16.8 Å². The molecule has 0 fully saturated rings. The molecular formula is C12H19N3O. The van der Waals surface area contributed by atoms with Crippen LogP contribution in [0, 0.1) is 13.8 Å². The number of nitrogens with one attached hydrogen (secondary N) is 2. The number of anilines is 1. The SMILES string of the molecule is CC[C@H](Nc1ccc(C)cc1C)C(=O)NN. The van der Waals surface area contributed by atoms with Crippen molar-refractivity contribution < 1.29 is 4.79 Å². The van der Waals surface area contributed by atoms with Gasteiger partial charge in [-0.05, 0) is 31.9 Å². The van der Waals surface area contributed by atoms with Gasteiger partial charge in [0.1, 0.15) is 6.04 Å². The lowest BCUT2D eigenvalue weighted by molar-refractivity contribution is -0.121. The zero-order chi connectivity index (χ0) is 12.1. The van der Waals surface area contributed by atoms with Crippen LogP contribution in [0.2, 0.25) is 0 Å². The number of carbonyl (C=O) groups is 1. The van der Waals surface area contributed by atoms with Crippen molar-refractivity contribution in [3.05, 3.63) is 29.3 Å². The minimum Gasteiger partial charge on any atom is -0.373 e. The van der Waals surface area contributed by atoms with Crippen LogP contribution in [0.3, 0.4) is 0 Å². The van der Waals surface area contributed by atoms with Crippen molar-refractivity contribution in [2.75, 3.05) is 5.32 Å². The van der Waals surface area contributed by atoms with Crippen molar-refractivity contribution in [2.24, 2.45) is 5.84 Å². The van der Waals surface area contributed by atoms with Crippen molar-refractivity contribution in [3.8, 4) is 0 Å². The summed E-state index contributed by atoms with van der Waals surface area (Å²) in [5.41, 5.74) is 5.47. The number of benzene rings is 1. The summed E-state index contributed by atoms with van der Waals surface area (Å²) < 4.78 is 0. The van der Waals surface area contributed by atoms with Crippen LogP contribution in [-0.4, -0.2) is 11.9 Å². The molecular weight excluding hydrogens is 202 g/mol. The van der Waals surface area contributed by atoms with E-state index >= 15 is 0 Å². The smallest absolute Gasteiger partial charge is 0.256 e. The van der Waals surface area contributed by atoms with Gasteiger partial charge < -0.3 is 5.32 Å². The molecule has 0 heterocycles. The minimum atomic E-state index is -0.286. The summed E-state index contributed by atoms with van der Waals surface area (Å²) in [4.78, 5) is 11.4. The summed E-state index contributed by atoms with van der Waals surface area (Å²) >= 11 is 0. The molecule has 0 radical (unpaired) electrons. The molecule has 0 saturated carbocycles. The van der Waals surface area contributed by atoms with Crippen LogP contribution >= 0.6 is 0 Å². The number of aryl methyl sites for hydroxylation is 2. The average molecular weight is 221 g/mol. The Bertz CT molecular complexity index is 377. The number of amides is 1. The first kappa shape index (κ1) is 12.5. The van der Waals surface area contributed by atoms with E-state index in [1.807, 2.05) is 32.9 Å². The van der Waals surface area contributed by atoms with Crippen LogP contribution in [0.25, 0.3) is 0 Å². The molecule has 0 aromatic heterocycles. The lowest BCUT2D eigenvalue weighted by Gasteiger charge is -2.18. The van der Waals surface area contributed by atoms with Crippen molar-refractivity contribution in [3.63, 3.8) is 0 Å². The summed E-state index contributed by atoms with van der Waals surface area (Å²) in [6.07, 6.45) is 0.691. The first-order valence-corrected chi connectivity index (χ1v) is 5.42. The van der Waals surface area contributed by atoms with Gasteiger partial charge in [-0.25, -0.2) is 5.84 Å². The zero-order valence-corrected chi connectivity index (χ0v) is 10.0. The third kappa shape index (κ3) is 2.97. The zero-order valence-electron chi connectivity index (χ0n) is 10.0. The second kappa shape index (κ2) is 5.51. The molecule has 1 rings (SSSR count). The van der Waals surface area contributed by atoms with Gasteiger partial charge in [-0.15, -0.1) is 0 Å². The second-order valence-electron chi connectivity index (χ2n) is 3.93. The fourth-order valence-electron chi connectivity index (χ4n) is 1.62. The number of hydrazine groups is 1. The van der Waals surface area contributed by atoms with Crippen molar-refractivity contribution in [2.45, 2.75) is 33.2 Å². The van der Waals surface area contributed by atoms with Gasteiger partial charge in [-0.1, -0.05) is 24.6 Å². The van der Waals surface area contributed by atoms with E-state index in [0.29, 0.717) is 6.42 Å². The lowest BCUT2D eigenvalue weighted by atomic mass is 10.1. The molecule has 4 nitrogen and oxygen atoms in total. The molecule has 4 heteroatoms. The molecule has 0 saturated heterocycles. The summed E-state index contributed by atoms with van der Waals surface area (Å²) in [7, 11) is 0. The molecule has 1 aromatic rings. The van der Waals surface area contributed by atoms with Gasteiger partial charge in [0.15, 0.2) is 0 Å². The Morgan fingerprint density at radius 3 is 2.62 bits per heavy atom. The Hall–Kier alpha value is -1.55. The summed E-state index contributed by atoms with van der Waals surface area (Å²) in [6, 6.07) is 5.79. The fourth-order valence-corrected chi connectivity index (χ4v) is 1.62. The van der Waals surface area contributed by atoms with Gasteiger partial charge in [0.25, 0.3) is 5.91 Å². The Morgan fingerprint density at radius 1 is 1.44 bits per heavy atom. The van der Waals surface area contributed by atoms with E-state index in [1.54, 1.807) is 0 Å². The van der Waals surface area contributed by atoms with E-state index in [-0.39, 0.29) is 11.9 Å². The highest BCUT2D eigenvalue weighted by Crippen LogP contribution is 2.17. The minimum absolute atomic E-state index is 0.192. The first-order chi connectivity index (χ1) is 7.58.